The molecule has 0 bridgehead atoms. The molecule has 5 nitrogen and oxygen atoms in total. The quantitative estimate of drug-likeness (QED) is 0.887. The summed E-state index contributed by atoms with van der Waals surface area (Å²) in [4.78, 5) is 12.6. The molecule has 1 heterocycles. The highest BCUT2D eigenvalue weighted by Crippen LogP contribution is 2.26. The van der Waals surface area contributed by atoms with Gasteiger partial charge in [0.2, 0.25) is 15.9 Å². The predicted octanol–water partition coefficient (Wildman–Crippen LogP) is 3.00. The van der Waals surface area contributed by atoms with Crippen molar-refractivity contribution in [1.29, 1.82) is 0 Å². The van der Waals surface area contributed by atoms with E-state index in [4.69, 9.17) is 0 Å². The first-order chi connectivity index (χ1) is 12.4. The van der Waals surface area contributed by atoms with Crippen molar-refractivity contribution in [3.8, 4) is 0 Å². The van der Waals surface area contributed by atoms with E-state index >= 15 is 0 Å². The van der Waals surface area contributed by atoms with E-state index in [-0.39, 0.29) is 11.4 Å². The summed E-state index contributed by atoms with van der Waals surface area (Å²) in [6.07, 6.45) is 0.937. The molecule has 138 valence electrons. The van der Waals surface area contributed by atoms with Crippen LogP contribution < -0.4 is 5.32 Å². The molecule has 3 rings (SSSR count). The molecule has 1 aliphatic rings. The second-order valence-electron chi connectivity index (χ2n) is 6.10. The van der Waals surface area contributed by atoms with Gasteiger partial charge < -0.3 is 5.32 Å². The van der Waals surface area contributed by atoms with Gasteiger partial charge in [-0.3, -0.25) is 4.79 Å². The number of hydrogen-bond acceptors (Lipinski definition) is 3. The number of hydrogen-bond donors (Lipinski definition) is 1. The smallest absolute Gasteiger partial charge is 0.243 e. The largest absolute Gasteiger partial charge is 0.321 e. The Morgan fingerprint density at radius 3 is 2.35 bits per heavy atom. The summed E-state index contributed by atoms with van der Waals surface area (Å²) in [6.45, 7) is 0.272. The lowest BCUT2D eigenvalue weighted by atomic mass is 9.98. The van der Waals surface area contributed by atoms with Crippen molar-refractivity contribution in [3.05, 3.63) is 60.2 Å². The molecule has 8 heteroatoms. The molecule has 0 radical (unpaired) electrons. The van der Waals surface area contributed by atoms with Crippen LogP contribution in [0.5, 0.6) is 0 Å². The van der Waals surface area contributed by atoms with E-state index in [1.54, 1.807) is 18.2 Å². The number of nitrogens with one attached hydrogen (secondary N) is 1. The third-order valence-corrected chi connectivity index (χ3v) is 6.23. The van der Waals surface area contributed by atoms with Crippen molar-refractivity contribution >= 4 is 21.6 Å². The number of rotatable bonds is 4. The van der Waals surface area contributed by atoms with Crippen molar-refractivity contribution in [2.24, 2.45) is 5.92 Å². The average Bonchev–Trinajstić information content (AvgIpc) is 2.65. The van der Waals surface area contributed by atoms with Crippen LogP contribution in [0.4, 0.5) is 14.5 Å². The Balaban J connectivity index is 1.75. The summed E-state index contributed by atoms with van der Waals surface area (Å²) in [5.41, 5.74) is -0.513. The van der Waals surface area contributed by atoms with Crippen molar-refractivity contribution in [3.63, 3.8) is 0 Å². The normalized spacial score (nSPS) is 18.5. The van der Waals surface area contributed by atoms with Crippen LogP contribution in [0, 0.1) is 17.6 Å². The Kier molecular flexibility index (Phi) is 5.33. The van der Waals surface area contributed by atoms with Crippen LogP contribution in [-0.4, -0.2) is 31.7 Å². The molecule has 0 spiro atoms. The maximum atomic E-state index is 13.7. The van der Waals surface area contributed by atoms with Gasteiger partial charge in [0.15, 0.2) is 0 Å². The number of benzene rings is 2. The number of nitrogens with zero attached hydrogens (tertiary/aromatic N) is 1. The van der Waals surface area contributed by atoms with Crippen LogP contribution >= 0.6 is 0 Å². The molecule has 0 aromatic heterocycles. The molecule has 0 unspecified atom stereocenters. The molecule has 1 fully saturated rings. The molecule has 1 atom stereocenters. The Bertz CT molecular complexity index is 884. The zero-order valence-corrected chi connectivity index (χ0v) is 14.7. The Morgan fingerprint density at radius 1 is 1.04 bits per heavy atom. The molecule has 0 aliphatic carbocycles. The number of anilines is 1. The van der Waals surface area contributed by atoms with Crippen LogP contribution in [0.3, 0.4) is 0 Å². The topological polar surface area (TPSA) is 66.5 Å². The number of carbonyl (C=O) groups is 1. The third-order valence-electron chi connectivity index (χ3n) is 4.35. The zero-order valence-electron chi connectivity index (χ0n) is 13.9. The molecule has 2 aromatic rings. The molecule has 26 heavy (non-hydrogen) atoms. The van der Waals surface area contributed by atoms with E-state index in [2.05, 4.69) is 5.32 Å². The molecule has 1 amide bonds. The van der Waals surface area contributed by atoms with E-state index in [0.717, 1.165) is 12.1 Å². The summed E-state index contributed by atoms with van der Waals surface area (Å²) in [5.74, 6) is -3.02. The number of sulfonamides is 1. The van der Waals surface area contributed by atoms with Crippen molar-refractivity contribution in [1.82, 2.24) is 4.31 Å². The van der Waals surface area contributed by atoms with Gasteiger partial charge in [-0.05, 0) is 37.1 Å². The van der Waals surface area contributed by atoms with Crippen molar-refractivity contribution < 1.29 is 22.0 Å². The number of halogens is 2. The summed E-state index contributed by atoms with van der Waals surface area (Å²) >= 11 is 0. The first kappa shape index (κ1) is 18.5. The van der Waals surface area contributed by atoms with E-state index in [1.165, 1.54) is 22.5 Å². The Morgan fingerprint density at radius 2 is 1.69 bits per heavy atom. The lowest BCUT2D eigenvalue weighted by molar-refractivity contribution is -0.120. The maximum absolute atomic E-state index is 13.7. The van der Waals surface area contributed by atoms with Gasteiger partial charge in [0.05, 0.1) is 10.8 Å². The lowest BCUT2D eigenvalue weighted by Gasteiger charge is -2.31. The van der Waals surface area contributed by atoms with E-state index in [9.17, 15) is 22.0 Å². The first-order valence-electron chi connectivity index (χ1n) is 8.19. The molecule has 2 aromatic carbocycles. The highest BCUT2D eigenvalue weighted by atomic mass is 32.2. The molecule has 1 saturated heterocycles. The summed E-state index contributed by atoms with van der Waals surface area (Å²) in [7, 11) is -3.71. The van der Waals surface area contributed by atoms with Gasteiger partial charge in [-0.1, -0.05) is 24.3 Å². The third kappa shape index (κ3) is 3.76. The van der Waals surface area contributed by atoms with Crippen molar-refractivity contribution in [2.75, 3.05) is 18.4 Å². The number of para-hydroxylation sites is 1. The Labute approximate surface area is 150 Å². The van der Waals surface area contributed by atoms with Crippen LogP contribution in [0.1, 0.15) is 12.8 Å². The average molecular weight is 380 g/mol. The van der Waals surface area contributed by atoms with Gasteiger partial charge in [-0.2, -0.15) is 4.31 Å². The monoisotopic (exact) mass is 380 g/mol. The van der Waals surface area contributed by atoms with Crippen LogP contribution in [0.25, 0.3) is 0 Å². The van der Waals surface area contributed by atoms with Crippen LogP contribution in [0.15, 0.2) is 53.4 Å². The Hall–Kier alpha value is -2.32. The summed E-state index contributed by atoms with van der Waals surface area (Å²) in [6, 6.07) is 11.3. The molecule has 1 aliphatic heterocycles. The minimum Gasteiger partial charge on any atom is -0.321 e. The van der Waals surface area contributed by atoms with Gasteiger partial charge >= 0.3 is 0 Å². The summed E-state index contributed by atoms with van der Waals surface area (Å²) in [5, 5.41) is 2.25. The number of piperidine rings is 1. The zero-order chi connectivity index (χ0) is 18.7. The van der Waals surface area contributed by atoms with Crippen LogP contribution in [0.2, 0.25) is 0 Å². The first-order valence-corrected chi connectivity index (χ1v) is 9.63. The lowest BCUT2D eigenvalue weighted by Crippen LogP contribution is -2.43. The maximum Gasteiger partial charge on any atom is 0.243 e. The summed E-state index contributed by atoms with van der Waals surface area (Å²) < 4.78 is 54.0. The van der Waals surface area contributed by atoms with Gasteiger partial charge in [0, 0.05) is 13.1 Å². The second-order valence-corrected chi connectivity index (χ2v) is 8.04. The van der Waals surface area contributed by atoms with Crippen LogP contribution in [-0.2, 0) is 14.8 Å². The van der Waals surface area contributed by atoms with E-state index in [1.807, 2.05) is 0 Å². The van der Waals surface area contributed by atoms with Gasteiger partial charge in [-0.25, -0.2) is 17.2 Å². The number of amides is 1. The van der Waals surface area contributed by atoms with E-state index in [0.29, 0.717) is 19.4 Å². The second kappa shape index (κ2) is 7.51. The van der Waals surface area contributed by atoms with Gasteiger partial charge in [-0.15, -0.1) is 0 Å². The molecule has 1 N–H and O–H groups in total. The fraction of sp³-hybridized carbons (Fsp3) is 0.278. The minimum absolute atomic E-state index is 0.0286. The number of carbonyl (C=O) groups excluding carboxylic acids is 1. The molecular formula is C18H18F2N2O3S. The highest BCUT2D eigenvalue weighted by Gasteiger charge is 2.33. The fourth-order valence-corrected chi connectivity index (χ4v) is 4.50. The predicted molar refractivity (Wildman–Crippen MR) is 92.9 cm³/mol. The van der Waals surface area contributed by atoms with Gasteiger partial charge in [0.1, 0.15) is 17.3 Å². The SMILES string of the molecule is O=C(Nc1c(F)cccc1F)[C@@H]1CCCN(S(=O)(=O)c2ccccc2)C1. The molecule has 0 saturated carbocycles. The molecular weight excluding hydrogens is 362 g/mol. The fourth-order valence-electron chi connectivity index (χ4n) is 2.96. The highest BCUT2D eigenvalue weighted by molar-refractivity contribution is 7.89. The minimum atomic E-state index is -3.71. The van der Waals surface area contributed by atoms with E-state index < -0.39 is 39.2 Å². The standard InChI is InChI=1S/C18H18F2N2O3S/c19-15-9-4-10-16(20)17(15)21-18(23)13-6-5-11-22(12-13)26(24,25)14-7-2-1-3-8-14/h1-4,7-10,13H,5-6,11-12H2,(H,21,23)/t13-/m1/s1. The van der Waals surface area contributed by atoms with Crippen molar-refractivity contribution in [2.45, 2.75) is 17.7 Å². The van der Waals surface area contributed by atoms with Gasteiger partial charge in [0.25, 0.3) is 0 Å².